The highest BCUT2D eigenvalue weighted by atomic mass is 32.1. The number of thiophene rings is 1. The van der Waals surface area contributed by atoms with Crippen LogP contribution in [0.1, 0.15) is 4.88 Å². The summed E-state index contributed by atoms with van der Waals surface area (Å²) in [6.07, 6.45) is 0. The van der Waals surface area contributed by atoms with Gasteiger partial charge in [0.05, 0.1) is 11.3 Å². The van der Waals surface area contributed by atoms with Gasteiger partial charge in [0.15, 0.2) is 11.6 Å². The van der Waals surface area contributed by atoms with Gasteiger partial charge in [-0.25, -0.2) is 13.7 Å². The minimum Gasteiger partial charge on any atom is -0.350 e. The van der Waals surface area contributed by atoms with Crippen LogP contribution in [0.4, 0.5) is 20.2 Å². The Kier molecular flexibility index (Phi) is 4.29. The first kappa shape index (κ1) is 17.1. The van der Waals surface area contributed by atoms with E-state index in [1.807, 2.05) is 6.07 Å². The van der Waals surface area contributed by atoms with Gasteiger partial charge in [0.2, 0.25) is 0 Å². The molecular weight excluding hydrogens is 370 g/mol. The predicted molar refractivity (Wildman–Crippen MR) is 100 cm³/mol. The van der Waals surface area contributed by atoms with Crippen LogP contribution >= 0.6 is 11.3 Å². The molecule has 0 radical (unpaired) electrons. The van der Waals surface area contributed by atoms with Crippen molar-refractivity contribution < 1.29 is 18.4 Å². The molecule has 0 bridgehead atoms. The average Bonchev–Trinajstić information content (AvgIpc) is 3.26. The van der Waals surface area contributed by atoms with Crippen molar-refractivity contribution in [1.82, 2.24) is 0 Å². The van der Waals surface area contributed by atoms with Crippen LogP contribution in [-0.4, -0.2) is 11.8 Å². The molecule has 4 rings (SSSR count). The summed E-state index contributed by atoms with van der Waals surface area (Å²) in [6.45, 7) is 0. The van der Waals surface area contributed by atoms with E-state index in [1.165, 1.54) is 17.4 Å². The van der Waals surface area contributed by atoms with E-state index in [4.69, 9.17) is 0 Å². The fourth-order valence-electron chi connectivity index (χ4n) is 2.82. The van der Waals surface area contributed by atoms with Crippen LogP contribution in [0.15, 0.2) is 71.7 Å². The Hall–Kier alpha value is -3.32. The minimum atomic E-state index is -1.13. The van der Waals surface area contributed by atoms with E-state index in [-0.39, 0.29) is 17.0 Å². The minimum absolute atomic E-state index is 0.0252. The van der Waals surface area contributed by atoms with Crippen molar-refractivity contribution in [3.63, 3.8) is 0 Å². The summed E-state index contributed by atoms with van der Waals surface area (Å²) in [5, 5.41) is 4.78. The van der Waals surface area contributed by atoms with Gasteiger partial charge in [-0.3, -0.25) is 9.59 Å². The van der Waals surface area contributed by atoms with Crippen molar-refractivity contribution >= 4 is 40.1 Å². The molecule has 4 nitrogen and oxygen atoms in total. The van der Waals surface area contributed by atoms with Crippen LogP contribution < -0.4 is 10.2 Å². The Balaban J connectivity index is 1.80. The standard InChI is InChI=1S/C20H12F2N2O2S/c21-14-9-8-13(11-15(14)22)24-19(25)17(16-7-4-10-27-16)18(20(24)26)23-12-5-2-1-3-6-12/h1-11,23H. The van der Waals surface area contributed by atoms with Gasteiger partial charge < -0.3 is 5.32 Å². The maximum atomic E-state index is 13.6. The lowest BCUT2D eigenvalue weighted by Crippen LogP contribution is -2.32. The van der Waals surface area contributed by atoms with Gasteiger partial charge in [0.25, 0.3) is 11.8 Å². The Morgan fingerprint density at radius 3 is 2.30 bits per heavy atom. The van der Waals surface area contributed by atoms with Gasteiger partial charge in [0, 0.05) is 16.6 Å². The molecule has 0 spiro atoms. The molecule has 0 saturated carbocycles. The SMILES string of the molecule is O=C1C(Nc2ccccc2)=C(c2cccs2)C(=O)N1c1ccc(F)c(F)c1. The Morgan fingerprint density at radius 2 is 1.63 bits per heavy atom. The van der Waals surface area contributed by atoms with E-state index in [9.17, 15) is 18.4 Å². The molecule has 2 amide bonds. The van der Waals surface area contributed by atoms with E-state index in [0.29, 0.717) is 10.6 Å². The van der Waals surface area contributed by atoms with Crippen LogP contribution in [0.2, 0.25) is 0 Å². The van der Waals surface area contributed by atoms with Crippen LogP contribution in [0.5, 0.6) is 0 Å². The molecule has 27 heavy (non-hydrogen) atoms. The van der Waals surface area contributed by atoms with Crippen molar-refractivity contribution in [2.24, 2.45) is 0 Å². The highest BCUT2D eigenvalue weighted by Gasteiger charge is 2.40. The third-order valence-electron chi connectivity index (χ3n) is 4.06. The second-order valence-corrected chi connectivity index (χ2v) is 6.71. The smallest absolute Gasteiger partial charge is 0.282 e. The van der Waals surface area contributed by atoms with Gasteiger partial charge in [-0.1, -0.05) is 24.3 Å². The molecular formula is C20H12F2N2O2S. The maximum Gasteiger partial charge on any atom is 0.282 e. The third-order valence-corrected chi connectivity index (χ3v) is 4.94. The Labute approximate surface area is 157 Å². The molecule has 2 heterocycles. The topological polar surface area (TPSA) is 49.4 Å². The molecule has 1 aliphatic rings. The van der Waals surface area contributed by atoms with Crippen LogP contribution in [0.25, 0.3) is 5.57 Å². The molecule has 0 unspecified atom stereocenters. The lowest BCUT2D eigenvalue weighted by molar-refractivity contribution is -0.120. The molecule has 3 aromatic rings. The molecule has 0 fully saturated rings. The van der Waals surface area contributed by atoms with Gasteiger partial charge >= 0.3 is 0 Å². The van der Waals surface area contributed by atoms with Crippen LogP contribution in [-0.2, 0) is 9.59 Å². The zero-order valence-electron chi connectivity index (χ0n) is 13.8. The fourth-order valence-corrected chi connectivity index (χ4v) is 3.59. The first-order chi connectivity index (χ1) is 13.1. The number of anilines is 2. The summed E-state index contributed by atoms with van der Waals surface area (Å²) in [5.74, 6) is -3.40. The monoisotopic (exact) mass is 382 g/mol. The largest absolute Gasteiger partial charge is 0.350 e. The predicted octanol–water partition coefficient (Wildman–Crippen LogP) is 4.42. The van der Waals surface area contributed by atoms with Crippen LogP contribution in [0, 0.1) is 11.6 Å². The van der Waals surface area contributed by atoms with Gasteiger partial charge in [0.1, 0.15) is 5.70 Å². The van der Waals surface area contributed by atoms with Crippen molar-refractivity contribution in [1.29, 1.82) is 0 Å². The quantitative estimate of drug-likeness (QED) is 0.680. The van der Waals surface area contributed by atoms with E-state index in [0.717, 1.165) is 17.0 Å². The van der Waals surface area contributed by atoms with Gasteiger partial charge in [-0.05, 0) is 35.7 Å². The number of carbonyl (C=O) groups excluding carboxylic acids is 2. The third kappa shape index (κ3) is 3.02. The molecule has 1 N–H and O–H groups in total. The summed E-state index contributed by atoms with van der Waals surface area (Å²) < 4.78 is 26.9. The number of halogens is 2. The molecule has 1 aromatic heterocycles. The summed E-state index contributed by atoms with van der Waals surface area (Å²) in [4.78, 5) is 27.5. The van der Waals surface area contributed by atoms with Crippen molar-refractivity contribution in [3.05, 3.63) is 88.3 Å². The highest BCUT2D eigenvalue weighted by molar-refractivity contribution is 7.11. The highest BCUT2D eigenvalue weighted by Crippen LogP contribution is 2.35. The summed E-state index contributed by atoms with van der Waals surface area (Å²) in [6, 6.07) is 15.4. The van der Waals surface area contributed by atoms with Crippen LogP contribution in [0.3, 0.4) is 0 Å². The fraction of sp³-hybridized carbons (Fsp3) is 0. The number of hydrogen-bond acceptors (Lipinski definition) is 4. The number of imide groups is 1. The summed E-state index contributed by atoms with van der Waals surface area (Å²) in [7, 11) is 0. The second-order valence-electron chi connectivity index (χ2n) is 5.76. The summed E-state index contributed by atoms with van der Waals surface area (Å²) in [5.41, 5.74) is 0.902. The van der Waals surface area contributed by atoms with E-state index in [2.05, 4.69) is 5.32 Å². The number of nitrogens with zero attached hydrogens (tertiary/aromatic N) is 1. The van der Waals surface area contributed by atoms with Gasteiger partial charge in [-0.2, -0.15) is 0 Å². The first-order valence-electron chi connectivity index (χ1n) is 8.00. The molecule has 0 aliphatic carbocycles. The number of benzene rings is 2. The van der Waals surface area contributed by atoms with Gasteiger partial charge in [-0.15, -0.1) is 11.3 Å². The van der Waals surface area contributed by atoms with Crippen molar-refractivity contribution in [3.8, 4) is 0 Å². The molecule has 0 atom stereocenters. The number of hydrogen-bond donors (Lipinski definition) is 1. The first-order valence-corrected chi connectivity index (χ1v) is 8.88. The maximum absolute atomic E-state index is 13.6. The zero-order chi connectivity index (χ0) is 19.0. The second kappa shape index (κ2) is 6.77. The molecule has 2 aromatic carbocycles. The Bertz CT molecular complexity index is 1060. The van der Waals surface area contributed by atoms with E-state index >= 15 is 0 Å². The number of carbonyl (C=O) groups is 2. The number of rotatable bonds is 4. The lowest BCUT2D eigenvalue weighted by Gasteiger charge is -2.15. The molecule has 7 heteroatoms. The summed E-state index contributed by atoms with van der Waals surface area (Å²) >= 11 is 1.31. The normalized spacial score (nSPS) is 14.2. The average molecular weight is 382 g/mol. The molecule has 1 aliphatic heterocycles. The number of nitrogens with one attached hydrogen (secondary N) is 1. The Morgan fingerprint density at radius 1 is 0.852 bits per heavy atom. The number of amides is 2. The lowest BCUT2D eigenvalue weighted by atomic mass is 10.2. The van der Waals surface area contributed by atoms with Crippen molar-refractivity contribution in [2.75, 3.05) is 10.2 Å². The molecule has 0 saturated heterocycles. The number of para-hydroxylation sites is 1. The molecule has 134 valence electrons. The zero-order valence-corrected chi connectivity index (χ0v) is 14.6. The van der Waals surface area contributed by atoms with E-state index in [1.54, 1.807) is 41.8 Å². The van der Waals surface area contributed by atoms with Crippen molar-refractivity contribution in [2.45, 2.75) is 0 Å². The van der Waals surface area contributed by atoms with E-state index < -0.39 is 23.4 Å².